The molecule has 2 aromatic heterocycles. The molecule has 0 spiro atoms. The molecule has 1 aromatic carbocycles. The van der Waals surface area contributed by atoms with Crippen LogP contribution in [0.4, 0.5) is 10.8 Å². The van der Waals surface area contributed by atoms with Gasteiger partial charge in [0.05, 0.1) is 6.20 Å². The zero-order valence-electron chi connectivity index (χ0n) is 17.0. The van der Waals surface area contributed by atoms with Crippen LogP contribution in [-0.4, -0.2) is 32.1 Å². The summed E-state index contributed by atoms with van der Waals surface area (Å²) in [5.41, 5.74) is 3.29. The van der Waals surface area contributed by atoms with Crippen LogP contribution in [0.15, 0.2) is 54.7 Å². The second kappa shape index (κ2) is 8.76. The lowest BCUT2D eigenvalue weighted by Gasteiger charge is -2.28. The van der Waals surface area contributed by atoms with E-state index < -0.39 is 0 Å². The SMILES string of the molecule is Cc1sc(NC(=O)c2ccccc2)c(C[NH+]2CCN(c3cccc[nH+]3)CC2)c1C. The maximum Gasteiger partial charge on any atom is 0.274 e. The highest BCUT2D eigenvalue weighted by atomic mass is 32.1. The number of thiophene rings is 1. The summed E-state index contributed by atoms with van der Waals surface area (Å²) in [6.07, 6.45) is 1.98. The first-order chi connectivity index (χ1) is 14.1. The highest BCUT2D eigenvalue weighted by Crippen LogP contribution is 2.32. The lowest BCUT2D eigenvalue weighted by molar-refractivity contribution is -0.914. The zero-order valence-corrected chi connectivity index (χ0v) is 17.8. The van der Waals surface area contributed by atoms with Crippen LogP contribution in [-0.2, 0) is 6.54 Å². The van der Waals surface area contributed by atoms with Crippen molar-refractivity contribution >= 4 is 28.1 Å². The molecule has 6 heteroatoms. The van der Waals surface area contributed by atoms with E-state index in [1.807, 2.05) is 42.6 Å². The summed E-state index contributed by atoms with van der Waals surface area (Å²) in [5, 5.41) is 4.16. The van der Waals surface area contributed by atoms with Gasteiger partial charge in [0.15, 0.2) is 0 Å². The highest BCUT2D eigenvalue weighted by Gasteiger charge is 2.28. The van der Waals surface area contributed by atoms with Crippen molar-refractivity contribution in [1.82, 2.24) is 0 Å². The topological polar surface area (TPSA) is 50.9 Å². The fourth-order valence-corrected chi connectivity index (χ4v) is 4.90. The van der Waals surface area contributed by atoms with E-state index in [4.69, 9.17) is 0 Å². The van der Waals surface area contributed by atoms with Crippen LogP contribution in [0.2, 0.25) is 0 Å². The van der Waals surface area contributed by atoms with Crippen LogP contribution < -0.4 is 20.1 Å². The third-order valence-electron chi connectivity index (χ3n) is 5.70. The van der Waals surface area contributed by atoms with E-state index >= 15 is 0 Å². The zero-order chi connectivity index (χ0) is 20.2. The van der Waals surface area contributed by atoms with Crippen molar-refractivity contribution in [3.05, 3.63) is 76.3 Å². The van der Waals surface area contributed by atoms with Crippen molar-refractivity contribution < 1.29 is 14.7 Å². The number of aryl methyl sites for hydroxylation is 1. The normalized spacial score (nSPS) is 14.8. The number of pyridine rings is 1. The first-order valence-corrected chi connectivity index (χ1v) is 10.9. The molecule has 29 heavy (non-hydrogen) atoms. The van der Waals surface area contributed by atoms with Gasteiger partial charge in [-0.1, -0.05) is 24.3 Å². The Morgan fingerprint density at radius 3 is 2.52 bits per heavy atom. The minimum absolute atomic E-state index is 0.0347. The molecule has 1 amide bonds. The summed E-state index contributed by atoms with van der Waals surface area (Å²) in [5.74, 6) is 1.15. The molecular weight excluding hydrogens is 380 g/mol. The van der Waals surface area contributed by atoms with Crippen LogP contribution in [0.3, 0.4) is 0 Å². The smallest absolute Gasteiger partial charge is 0.274 e. The van der Waals surface area contributed by atoms with Gasteiger partial charge in [0.25, 0.3) is 11.7 Å². The number of nitrogens with zero attached hydrogens (tertiary/aromatic N) is 1. The van der Waals surface area contributed by atoms with Gasteiger partial charge in [-0.2, -0.15) is 0 Å². The Morgan fingerprint density at radius 1 is 1.10 bits per heavy atom. The van der Waals surface area contributed by atoms with Crippen molar-refractivity contribution in [3.63, 3.8) is 0 Å². The monoisotopic (exact) mass is 408 g/mol. The predicted octanol–water partition coefficient (Wildman–Crippen LogP) is 2.34. The van der Waals surface area contributed by atoms with Gasteiger partial charge in [-0.3, -0.25) is 9.69 Å². The van der Waals surface area contributed by atoms with Crippen molar-refractivity contribution in [3.8, 4) is 0 Å². The molecule has 1 fully saturated rings. The number of anilines is 2. The van der Waals surface area contributed by atoms with Crippen molar-refractivity contribution in [2.24, 2.45) is 0 Å². The van der Waals surface area contributed by atoms with E-state index in [1.165, 1.54) is 21.8 Å². The van der Waals surface area contributed by atoms with E-state index in [1.54, 1.807) is 16.2 Å². The Balaban J connectivity index is 1.43. The molecule has 0 unspecified atom stereocenters. The third kappa shape index (κ3) is 4.49. The Kier molecular flexibility index (Phi) is 5.92. The van der Waals surface area contributed by atoms with E-state index in [0.717, 1.165) is 37.7 Å². The van der Waals surface area contributed by atoms with Gasteiger partial charge >= 0.3 is 0 Å². The van der Waals surface area contributed by atoms with Crippen LogP contribution >= 0.6 is 11.3 Å². The summed E-state index contributed by atoms with van der Waals surface area (Å²) in [4.78, 5) is 21.2. The first kappa shape index (κ1) is 19.6. The molecule has 0 bridgehead atoms. The van der Waals surface area contributed by atoms with Gasteiger partial charge in [-0.15, -0.1) is 11.3 Å². The molecule has 3 heterocycles. The van der Waals surface area contributed by atoms with Gasteiger partial charge < -0.3 is 10.2 Å². The summed E-state index contributed by atoms with van der Waals surface area (Å²) in [6.45, 7) is 9.50. The van der Waals surface area contributed by atoms with E-state index in [2.05, 4.69) is 41.2 Å². The molecular formula is C23H28N4OS+2. The van der Waals surface area contributed by atoms with Crippen LogP contribution in [0.5, 0.6) is 0 Å². The van der Waals surface area contributed by atoms with E-state index in [-0.39, 0.29) is 5.91 Å². The molecule has 150 valence electrons. The summed E-state index contributed by atoms with van der Waals surface area (Å²) < 4.78 is 0. The molecule has 1 aliphatic rings. The Hall–Kier alpha value is -2.70. The number of nitrogens with one attached hydrogen (secondary N) is 3. The Labute approximate surface area is 176 Å². The second-order valence-electron chi connectivity index (χ2n) is 7.57. The van der Waals surface area contributed by atoms with Crippen molar-refractivity contribution in [2.45, 2.75) is 20.4 Å². The fourth-order valence-electron chi connectivity index (χ4n) is 3.82. The maximum atomic E-state index is 12.7. The number of hydrogen-bond donors (Lipinski definition) is 2. The summed E-state index contributed by atoms with van der Waals surface area (Å²) in [7, 11) is 0. The number of amides is 1. The van der Waals surface area contributed by atoms with Crippen LogP contribution in [0, 0.1) is 13.8 Å². The second-order valence-corrected chi connectivity index (χ2v) is 8.80. The van der Waals surface area contributed by atoms with Gasteiger partial charge in [0.2, 0.25) is 0 Å². The Bertz CT molecular complexity index is 963. The molecule has 0 atom stereocenters. The Morgan fingerprint density at radius 2 is 1.83 bits per heavy atom. The number of aromatic nitrogens is 1. The third-order valence-corrected chi connectivity index (χ3v) is 6.87. The molecule has 5 nitrogen and oxygen atoms in total. The fraction of sp³-hybridized carbons (Fsp3) is 0.304. The van der Waals surface area contributed by atoms with Crippen LogP contribution in [0.1, 0.15) is 26.4 Å². The number of carbonyl (C=O) groups is 1. The summed E-state index contributed by atoms with van der Waals surface area (Å²) >= 11 is 1.69. The average Bonchev–Trinajstić information content (AvgIpc) is 3.03. The standard InChI is InChI=1S/C23H26N4OS/c1-17-18(2)29-23(25-22(28)19-8-4-3-5-9-19)20(17)16-26-12-14-27(15-13-26)21-10-6-7-11-24-21/h3-11H,12-16H2,1-2H3,(H,25,28)/p+2. The molecule has 0 aliphatic carbocycles. The van der Waals surface area contributed by atoms with Gasteiger partial charge in [-0.05, 0) is 37.6 Å². The van der Waals surface area contributed by atoms with Gasteiger partial charge in [0.1, 0.15) is 37.7 Å². The number of benzene rings is 1. The van der Waals surface area contributed by atoms with Gasteiger partial charge in [-0.25, -0.2) is 4.98 Å². The van der Waals surface area contributed by atoms with Crippen molar-refractivity contribution in [1.29, 1.82) is 0 Å². The minimum Gasteiger partial charge on any atom is -0.325 e. The maximum absolute atomic E-state index is 12.7. The van der Waals surface area contributed by atoms with E-state index in [9.17, 15) is 4.79 Å². The van der Waals surface area contributed by atoms with Crippen LogP contribution in [0.25, 0.3) is 0 Å². The molecule has 4 rings (SSSR count). The number of rotatable bonds is 5. The molecule has 0 saturated carbocycles. The number of quaternary nitrogens is 1. The quantitative estimate of drug-likeness (QED) is 0.681. The number of hydrogen-bond acceptors (Lipinski definition) is 3. The highest BCUT2D eigenvalue weighted by molar-refractivity contribution is 7.16. The number of piperazine rings is 1. The molecule has 1 aliphatic heterocycles. The molecule has 3 aromatic rings. The first-order valence-electron chi connectivity index (χ1n) is 10.1. The molecule has 0 radical (unpaired) electrons. The molecule has 1 saturated heterocycles. The lowest BCUT2D eigenvalue weighted by atomic mass is 10.1. The number of H-pyrrole nitrogens is 1. The van der Waals surface area contributed by atoms with E-state index in [0.29, 0.717) is 5.56 Å². The molecule has 3 N–H and O–H groups in total. The largest absolute Gasteiger partial charge is 0.325 e. The average molecular weight is 409 g/mol. The van der Waals surface area contributed by atoms with Crippen molar-refractivity contribution in [2.75, 3.05) is 36.4 Å². The predicted molar refractivity (Wildman–Crippen MR) is 118 cm³/mol. The van der Waals surface area contributed by atoms with Gasteiger partial charge in [0, 0.05) is 22.1 Å². The minimum atomic E-state index is -0.0347. The summed E-state index contributed by atoms with van der Waals surface area (Å²) in [6, 6.07) is 15.7. The number of aromatic amines is 1. The lowest BCUT2D eigenvalue weighted by Crippen LogP contribution is -3.13. The number of carbonyl (C=O) groups excluding carboxylic acids is 1.